The molecule has 2 amide bonds. The number of hydrogen-bond acceptors (Lipinski definition) is 5. The molecule has 0 bridgehead atoms. The number of likely N-dealkylation sites (tertiary alicyclic amines) is 2. The number of amides is 2. The normalized spacial score (nSPS) is 25.6. The zero-order chi connectivity index (χ0) is 32.9. The number of carboxylic acid groups (broad SMARTS) is 1. The third-order valence-corrected chi connectivity index (χ3v) is 10.5. The lowest BCUT2D eigenvalue weighted by Crippen LogP contribution is -2.38. The molecule has 48 heavy (non-hydrogen) atoms. The quantitative estimate of drug-likeness (QED) is 0.177. The molecule has 2 saturated heterocycles. The van der Waals surface area contributed by atoms with Crippen molar-refractivity contribution in [3.05, 3.63) is 84.7 Å². The van der Waals surface area contributed by atoms with Gasteiger partial charge in [-0.2, -0.15) is 0 Å². The number of imidazole rings is 2. The van der Waals surface area contributed by atoms with Gasteiger partial charge in [-0.15, -0.1) is 0 Å². The molecule has 6 atom stereocenters. The highest BCUT2D eigenvalue weighted by Crippen LogP contribution is 2.54. The van der Waals surface area contributed by atoms with Crippen LogP contribution < -0.4 is 0 Å². The molecule has 3 N–H and O–H groups in total. The fourth-order valence-corrected chi connectivity index (χ4v) is 7.99. The van der Waals surface area contributed by atoms with E-state index in [0.717, 1.165) is 81.7 Å². The molecular weight excluding hydrogens is 604 g/mol. The van der Waals surface area contributed by atoms with Crippen molar-refractivity contribution in [2.75, 3.05) is 0 Å². The molecule has 2 saturated carbocycles. The highest BCUT2D eigenvalue weighted by molar-refractivity contribution is 5.90. The summed E-state index contributed by atoms with van der Waals surface area (Å²) in [5, 5.41) is 12.0. The average Bonchev–Trinajstić information content (AvgIpc) is 3.65. The Balaban J connectivity index is 0.907. The molecule has 10 heteroatoms. The third-order valence-electron chi connectivity index (χ3n) is 10.5. The van der Waals surface area contributed by atoms with E-state index < -0.39 is 11.7 Å². The molecule has 0 radical (unpaired) electrons. The molecule has 3 aromatic carbocycles. The van der Waals surface area contributed by atoms with Gasteiger partial charge in [-0.25, -0.2) is 19.6 Å². The minimum absolute atomic E-state index is 0.0952. The fraction of sp³-hybridized carbons (Fsp3) is 0.368. The van der Waals surface area contributed by atoms with E-state index in [-0.39, 0.29) is 30.3 Å². The first-order chi connectivity index (χ1) is 23.1. The van der Waals surface area contributed by atoms with Crippen LogP contribution in [0.3, 0.4) is 0 Å². The first-order valence-corrected chi connectivity index (χ1v) is 16.9. The Kier molecular flexibility index (Phi) is 6.32. The van der Waals surface area contributed by atoms with E-state index in [2.05, 4.69) is 75.6 Å². The Hall–Kier alpha value is -5.12. The number of piperidine rings is 2. The molecule has 0 spiro atoms. The molecule has 0 unspecified atom stereocenters. The highest BCUT2D eigenvalue weighted by Gasteiger charge is 2.57. The van der Waals surface area contributed by atoms with Crippen LogP contribution in [0, 0.1) is 11.8 Å². The van der Waals surface area contributed by atoms with Crippen molar-refractivity contribution in [1.29, 1.82) is 0 Å². The van der Waals surface area contributed by atoms with Crippen molar-refractivity contribution in [2.45, 2.75) is 76.2 Å². The van der Waals surface area contributed by atoms with E-state index in [4.69, 9.17) is 9.72 Å². The molecular formula is C38H38N6O4. The minimum Gasteiger partial charge on any atom is -0.465 e. The van der Waals surface area contributed by atoms with E-state index in [0.29, 0.717) is 11.8 Å². The monoisotopic (exact) mass is 642 g/mol. The SMILES string of the molecule is CC(C)(C)OC(=O)N1[C@H](c2ncc(-c3ccc4cc(-c5ccc(-c6cnc([C@@H]7C[C@@H]8C[C@@H]8N7C(=O)O)[nH]6)cc5)ccc4c3)[nH]2)C[C@H]2C[C@@H]21. The summed E-state index contributed by atoms with van der Waals surface area (Å²) in [4.78, 5) is 44.5. The second-order valence-corrected chi connectivity index (χ2v) is 14.9. The van der Waals surface area contributed by atoms with Gasteiger partial charge in [-0.1, -0.05) is 48.5 Å². The summed E-state index contributed by atoms with van der Waals surface area (Å²) in [6, 6.07) is 21.4. The zero-order valence-electron chi connectivity index (χ0n) is 27.2. The molecule has 2 aliphatic heterocycles. The fourth-order valence-electron chi connectivity index (χ4n) is 7.99. The van der Waals surface area contributed by atoms with Crippen LogP contribution in [0.1, 0.15) is 70.2 Å². The summed E-state index contributed by atoms with van der Waals surface area (Å²) in [6.45, 7) is 5.71. The number of aromatic nitrogens is 4. The molecule has 4 aliphatic rings. The van der Waals surface area contributed by atoms with Crippen molar-refractivity contribution in [3.8, 4) is 33.6 Å². The zero-order valence-corrected chi connectivity index (χ0v) is 27.2. The number of rotatable bonds is 5. The number of H-pyrrole nitrogens is 2. The lowest BCUT2D eigenvalue weighted by Gasteiger charge is -2.29. The van der Waals surface area contributed by atoms with Gasteiger partial charge in [0.2, 0.25) is 0 Å². The van der Waals surface area contributed by atoms with Gasteiger partial charge in [0.25, 0.3) is 0 Å². The van der Waals surface area contributed by atoms with Crippen LogP contribution >= 0.6 is 0 Å². The van der Waals surface area contributed by atoms with Crippen LogP contribution in [0.2, 0.25) is 0 Å². The Morgan fingerprint density at radius 3 is 1.81 bits per heavy atom. The van der Waals surface area contributed by atoms with Gasteiger partial charge in [0.15, 0.2) is 0 Å². The number of carbonyl (C=O) groups excluding carboxylic acids is 1. The number of hydrogen-bond donors (Lipinski definition) is 3. The number of ether oxygens (including phenoxy) is 1. The lowest BCUT2D eigenvalue weighted by molar-refractivity contribution is 0.0175. The first-order valence-electron chi connectivity index (χ1n) is 16.9. The van der Waals surface area contributed by atoms with Crippen LogP contribution in [0.4, 0.5) is 9.59 Å². The molecule has 4 heterocycles. The Morgan fingerprint density at radius 2 is 1.21 bits per heavy atom. The minimum atomic E-state index is -0.863. The Labute approximate surface area is 278 Å². The summed E-state index contributed by atoms with van der Waals surface area (Å²) in [7, 11) is 0. The molecule has 5 aromatic rings. The van der Waals surface area contributed by atoms with E-state index >= 15 is 0 Å². The number of carbonyl (C=O) groups is 2. The van der Waals surface area contributed by atoms with Crippen molar-refractivity contribution < 1.29 is 19.4 Å². The van der Waals surface area contributed by atoms with Crippen molar-refractivity contribution >= 4 is 23.0 Å². The standard InChI is InChI=1S/C38H38N6O4/c1-38(2,3)48-37(47)44-31-15-27(31)17-33(44)35-40-19-29(42-35)25-11-10-23-12-22(8-9-24(23)13-25)20-4-6-21(7-5-20)28-18-39-34(41-28)32-16-26-14-30(26)43(32)36(45)46/h4-13,18-19,26-27,30-33H,14-17H2,1-3H3,(H,39,41)(H,40,42)(H,45,46)/t26-,27+,30-,31-,32-,33-/m0/s1. The van der Waals surface area contributed by atoms with Crippen LogP contribution in [-0.2, 0) is 4.74 Å². The Bertz CT molecular complexity index is 2080. The number of benzene rings is 3. The smallest absolute Gasteiger partial charge is 0.411 e. The van der Waals surface area contributed by atoms with Gasteiger partial charge < -0.3 is 19.8 Å². The second kappa shape index (κ2) is 10.4. The predicted octanol–water partition coefficient (Wildman–Crippen LogP) is 8.17. The van der Waals surface area contributed by atoms with Gasteiger partial charge in [0, 0.05) is 17.6 Å². The summed E-state index contributed by atoms with van der Waals surface area (Å²) >= 11 is 0. The summed E-state index contributed by atoms with van der Waals surface area (Å²) in [5.41, 5.74) is 5.57. The van der Waals surface area contributed by atoms with Crippen LogP contribution in [0.15, 0.2) is 73.1 Å². The van der Waals surface area contributed by atoms with Gasteiger partial charge in [0.05, 0.1) is 35.9 Å². The van der Waals surface area contributed by atoms with Crippen LogP contribution in [-0.4, -0.2) is 64.7 Å². The third kappa shape index (κ3) is 5.01. The number of aromatic amines is 2. The van der Waals surface area contributed by atoms with E-state index in [1.807, 2.05) is 31.9 Å². The van der Waals surface area contributed by atoms with Crippen LogP contribution in [0.25, 0.3) is 44.4 Å². The molecule has 9 rings (SSSR count). The maximum absolute atomic E-state index is 13.0. The van der Waals surface area contributed by atoms with E-state index in [1.165, 1.54) is 0 Å². The maximum Gasteiger partial charge on any atom is 0.411 e. The summed E-state index contributed by atoms with van der Waals surface area (Å²) < 4.78 is 5.73. The highest BCUT2D eigenvalue weighted by atomic mass is 16.6. The number of nitrogens with zero attached hydrogens (tertiary/aromatic N) is 4. The number of nitrogens with one attached hydrogen (secondary N) is 2. The average molecular weight is 643 g/mol. The largest absolute Gasteiger partial charge is 0.465 e. The molecule has 2 aliphatic carbocycles. The van der Waals surface area contributed by atoms with Gasteiger partial charge in [-0.3, -0.25) is 9.80 Å². The lowest BCUT2D eigenvalue weighted by atomic mass is 9.98. The van der Waals surface area contributed by atoms with E-state index in [1.54, 1.807) is 11.1 Å². The van der Waals surface area contributed by atoms with Crippen molar-refractivity contribution in [3.63, 3.8) is 0 Å². The predicted molar refractivity (Wildman–Crippen MR) is 181 cm³/mol. The topological polar surface area (TPSA) is 127 Å². The van der Waals surface area contributed by atoms with Gasteiger partial charge in [0.1, 0.15) is 17.2 Å². The molecule has 244 valence electrons. The molecule has 2 aromatic heterocycles. The van der Waals surface area contributed by atoms with Crippen molar-refractivity contribution in [2.24, 2.45) is 11.8 Å². The second-order valence-electron chi connectivity index (χ2n) is 14.9. The molecule has 4 fully saturated rings. The van der Waals surface area contributed by atoms with Gasteiger partial charge in [-0.05, 0) is 97.9 Å². The van der Waals surface area contributed by atoms with Gasteiger partial charge >= 0.3 is 12.2 Å². The van der Waals surface area contributed by atoms with E-state index in [9.17, 15) is 14.7 Å². The molecule has 10 nitrogen and oxygen atoms in total. The summed E-state index contributed by atoms with van der Waals surface area (Å²) in [6.07, 6.45) is 6.31. The first kappa shape index (κ1) is 29.1. The Morgan fingerprint density at radius 1 is 0.708 bits per heavy atom. The number of fused-ring (bicyclic) bond motifs is 3. The summed E-state index contributed by atoms with van der Waals surface area (Å²) in [5.74, 6) is 2.53. The van der Waals surface area contributed by atoms with Crippen molar-refractivity contribution in [1.82, 2.24) is 29.7 Å². The van der Waals surface area contributed by atoms with Crippen LogP contribution in [0.5, 0.6) is 0 Å². The maximum atomic E-state index is 13.0.